The molecule has 0 radical (unpaired) electrons. The summed E-state index contributed by atoms with van der Waals surface area (Å²) in [6.45, 7) is 4.31. The first-order valence-corrected chi connectivity index (χ1v) is 11.0. The fourth-order valence-corrected chi connectivity index (χ4v) is 4.12. The van der Waals surface area contributed by atoms with E-state index in [0.717, 1.165) is 25.2 Å². The van der Waals surface area contributed by atoms with E-state index >= 15 is 0 Å². The Balaban J connectivity index is 2.47. The van der Waals surface area contributed by atoms with Crippen LogP contribution in [0.1, 0.15) is 27.7 Å². The summed E-state index contributed by atoms with van der Waals surface area (Å²) in [6, 6.07) is 5.06. The molecule has 5 atom stereocenters. The number of rotatable bonds is 7. The number of carbonyl (C=O) groups excluding carboxylic acids is 4. The van der Waals surface area contributed by atoms with Crippen molar-refractivity contribution >= 4 is 55.7 Å². The quantitative estimate of drug-likeness (QED) is 0.350. The fraction of sp³-hybridized carbons (Fsp3) is 0.500. The van der Waals surface area contributed by atoms with Crippen molar-refractivity contribution in [3.05, 3.63) is 27.1 Å². The van der Waals surface area contributed by atoms with Gasteiger partial charge < -0.3 is 28.4 Å². The average molecular weight is 582 g/mol. The summed E-state index contributed by atoms with van der Waals surface area (Å²) >= 11 is 6.70. The molecule has 0 aromatic heterocycles. The van der Waals surface area contributed by atoms with Crippen molar-refractivity contribution in [3.8, 4) is 5.75 Å². The fourth-order valence-electron chi connectivity index (χ4n) is 2.98. The van der Waals surface area contributed by atoms with Gasteiger partial charge >= 0.3 is 23.9 Å². The first-order valence-electron chi connectivity index (χ1n) is 9.40. The monoisotopic (exact) mass is 580 g/mol. The van der Waals surface area contributed by atoms with Crippen LogP contribution in [-0.4, -0.2) is 61.2 Å². The molecule has 0 saturated carbocycles. The van der Waals surface area contributed by atoms with Crippen molar-refractivity contribution in [2.45, 2.75) is 58.4 Å². The Morgan fingerprint density at radius 1 is 0.844 bits per heavy atom. The van der Waals surface area contributed by atoms with Gasteiger partial charge in [0, 0.05) is 32.2 Å². The van der Waals surface area contributed by atoms with Crippen LogP contribution in [0.25, 0.3) is 0 Å². The predicted octanol–water partition coefficient (Wildman–Crippen LogP) is 2.67. The maximum Gasteiger partial charge on any atom is 0.303 e. The zero-order valence-electron chi connectivity index (χ0n) is 17.7. The van der Waals surface area contributed by atoms with Crippen molar-refractivity contribution in [1.82, 2.24) is 0 Å². The smallest absolute Gasteiger partial charge is 0.303 e. The van der Waals surface area contributed by atoms with Crippen LogP contribution < -0.4 is 4.74 Å². The van der Waals surface area contributed by atoms with Crippen LogP contribution in [0.5, 0.6) is 5.75 Å². The average Bonchev–Trinajstić information content (AvgIpc) is 2.65. The van der Waals surface area contributed by atoms with Crippen molar-refractivity contribution in [1.29, 1.82) is 0 Å². The molecule has 1 aromatic rings. The molecule has 10 nitrogen and oxygen atoms in total. The van der Waals surface area contributed by atoms with E-state index in [1.807, 2.05) is 0 Å². The Kier molecular flexibility index (Phi) is 9.47. The minimum atomic E-state index is -1.30. The molecule has 176 valence electrons. The summed E-state index contributed by atoms with van der Waals surface area (Å²) in [5, 5.41) is 0. The number of hydrogen-bond donors (Lipinski definition) is 0. The molecule has 12 heteroatoms. The van der Waals surface area contributed by atoms with Crippen molar-refractivity contribution in [2.75, 3.05) is 6.61 Å². The highest BCUT2D eigenvalue weighted by molar-refractivity contribution is 9.11. The van der Waals surface area contributed by atoms with Gasteiger partial charge in [-0.1, -0.05) is 15.9 Å². The first-order chi connectivity index (χ1) is 15.0. The maximum atomic E-state index is 11.8. The second-order valence-corrected chi connectivity index (χ2v) is 8.53. The summed E-state index contributed by atoms with van der Waals surface area (Å²) in [5.74, 6) is -2.41. The highest BCUT2D eigenvalue weighted by Crippen LogP contribution is 2.34. The van der Waals surface area contributed by atoms with Gasteiger partial charge in [0.05, 0.1) is 4.47 Å². The number of hydrogen-bond acceptors (Lipinski definition) is 10. The zero-order valence-corrected chi connectivity index (χ0v) is 20.8. The number of esters is 4. The lowest BCUT2D eigenvalue weighted by Gasteiger charge is -2.44. The maximum absolute atomic E-state index is 11.8. The van der Waals surface area contributed by atoms with Gasteiger partial charge in [-0.15, -0.1) is 0 Å². The lowest BCUT2D eigenvalue weighted by atomic mass is 9.98. The molecular weight excluding hydrogens is 560 g/mol. The van der Waals surface area contributed by atoms with Crippen LogP contribution in [0.4, 0.5) is 0 Å². The zero-order chi connectivity index (χ0) is 24.0. The number of ether oxygens (including phenoxy) is 6. The van der Waals surface area contributed by atoms with E-state index in [0.29, 0.717) is 10.2 Å². The number of carbonyl (C=O) groups is 4. The third-order valence-electron chi connectivity index (χ3n) is 4.09. The Morgan fingerprint density at radius 3 is 1.94 bits per heavy atom. The molecule has 0 aliphatic carbocycles. The summed E-state index contributed by atoms with van der Waals surface area (Å²) < 4.78 is 34.2. The minimum absolute atomic E-state index is 0.328. The normalized spacial score (nSPS) is 24.8. The number of benzene rings is 1. The third kappa shape index (κ3) is 7.45. The largest absolute Gasteiger partial charge is 0.463 e. The van der Waals surface area contributed by atoms with Gasteiger partial charge in [0.25, 0.3) is 0 Å². The molecular formula is C20H22Br2O10. The van der Waals surface area contributed by atoms with Crippen LogP contribution in [0.3, 0.4) is 0 Å². The van der Waals surface area contributed by atoms with E-state index in [2.05, 4.69) is 31.9 Å². The molecule has 0 unspecified atom stereocenters. The lowest BCUT2D eigenvalue weighted by Crippen LogP contribution is -2.63. The Hall–Kier alpha value is -2.18. The van der Waals surface area contributed by atoms with E-state index in [-0.39, 0.29) is 6.61 Å². The van der Waals surface area contributed by atoms with Crippen LogP contribution in [0, 0.1) is 0 Å². The second kappa shape index (κ2) is 11.6. The lowest BCUT2D eigenvalue weighted by molar-refractivity contribution is -0.288. The van der Waals surface area contributed by atoms with Gasteiger partial charge in [-0.05, 0) is 34.1 Å². The van der Waals surface area contributed by atoms with E-state index in [1.165, 1.54) is 6.92 Å². The molecule has 1 aliphatic heterocycles. The Morgan fingerprint density at radius 2 is 1.41 bits per heavy atom. The Labute approximate surface area is 201 Å². The van der Waals surface area contributed by atoms with Crippen molar-refractivity contribution in [2.24, 2.45) is 0 Å². The summed E-state index contributed by atoms with van der Waals surface area (Å²) in [5.41, 5.74) is 0. The molecule has 1 heterocycles. The highest BCUT2D eigenvalue weighted by atomic mass is 79.9. The van der Waals surface area contributed by atoms with Gasteiger partial charge in [-0.2, -0.15) is 0 Å². The second-order valence-electron chi connectivity index (χ2n) is 6.76. The van der Waals surface area contributed by atoms with Gasteiger partial charge in [-0.25, -0.2) is 0 Å². The molecule has 1 saturated heterocycles. The van der Waals surface area contributed by atoms with Crippen molar-refractivity contribution in [3.63, 3.8) is 0 Å². The van der Waals surface area contributed by atoms with Gasteiger partial charge in [0.2, 0.25) is 12.4 Å². The van der Waals surface area contributed by atoms with Crippen LogP contribution in [0.2, 0.25) is 0 Å². The topological polar surface area (TPSA) is 124 Å². The number of halogens is 2. The SMILES string of the molecule is CC(=O)OC[C@@H]1O[C@@H](Oc2ccc(Br)cc2Br)[C@@H](OC(C)=O)[C@@H](OC(C)=O)[C@H]1OC(C)=O. The third-order valence-corrected chi connectivity index (χ3v) is 5.20. The molecule has 0 bridgehead atoms. The van der Waals surface area contributed by atoms with E-state index in [9.17, 15) is 19.2 Å². The molecule has 1 aromatic carbocycles. The molecule has 0 N–H and O–H groups in total. The van der Waals surface area contributed by atoms with E-state index < -0.39 is 54.6 Å². The molecule has 32 heavy (non-hydrogen) atoms. The standard InChI is InChI=1S/C20H22Br2O10/c1-9(23)27-8-16-17(28-10(2)24)18(29-11(3)25)19(30-12(4)26)20(32-16)31-15-6-5-13(21)7-14(15)22/h5-7,16-20H,8H2,1-4H3/t16-,17-,18-,19-,20+/m0/s1. The summed E-state index contributed by atoms with van der Waals surface area (Å²) in [6.07, 6.45) is -6.22. The molecule has 0 amide bonds. The van der Waals surface area contributed by atoms with Gasteiger partial charge in [-0.3, -0.25) is 19.2 Å². The molecule has 1 fully saturated rings. The van der Waals surface area contributed by atoms with Crippen molar-refractivity contribution < 1.29 is 47.6 Å². The van der Waals surface area contributed by atoms with E-state index in [4.69, 9.17) is 28.4 Å². The predicted molar refractivity (Wildman–Crippen MR) is 114 cm³/mol. The van der Waals surface area contributed by atoms with E-state index in [1.54, 1.807) is 18.2 Å². The summed E-state index contributed by atoms with van der Waals surface area (Å²) in [7, 11) is 0. The Bertz CT molecular complexity index is 874. The molecule has 1 aliphatic rings. The van der Waals surface area contributed by atoms with Gasteiger partial charge in [0.15, 0.2) is 12.2 Å². The minimum Gasteiger partial charge on any atom is -0.463 e. The molecule has 0 spiro atoms. The van der Waals surface area contributed by atoms with Crippen LogP contribution >= 0.6 is 31.9 Å². The first kappa shape index (κ1) is 26.1. The molecule has 2 rings (SSSR count). The summed E-state index contributed by atoms with van der Waals surface area (Å²) in [4.78, 5) is 46.7. The van der Waals surface area contributed by atoms with Crippen LogP contribution in [0.15, 0.2) is 27.1 Å². The van der Waals surface area contributed by atoms with Gasteiger partial charge in [0.1, 0.15) is 18.5 Å². The van der Waals surface area contributed by atoms with Crippen LogP contribution in [-0.2, 0) is 42.9 Å². The highest BCUT2D eigenvalue weighted by Gasteiger charge is 2.53.